The largest absolute Gasteiger partial charge is 0.395 e. The van der Waals surface area contributed by atoms with Gasteiger partial charge < -0.3 is 15.3 Å². The summed E-state index contributed by atoms with van der Waals surface area (Å²) < 4.78 is 1.13. The van der Waals surface area contributed by atoms with Gasteiger partial charge in [0.15, 0.2) is 0 Å². The van der Waals surface area contributed by atoms with Gasteiger partial charge >= 0.3 is 5.69 Å². The lowest BCUT2D eigenvalue weighted by Crippen LogP contribution is -2.37. The monoisotopic (exact) mass is 260 g/mol. The zero-order valence-corrected chi connectivity index (χ0v) is 9.50. The van der Waals surface area contributed by atoms with E-state index in [9.17, 15) is 19.8 Å². The lowest BCUT2D eigenvalue weighted by Gasteiger charge is -2.17. The third kappa shape index (κ3) is 2.16. The summed E-state index contributed by atoms with van der Waals surface area (Å²) in [6, 6.07) is 1.16. The Hall–Kier alpha value is -1.09. The van der Waals surface area contributed by atoms with Gasteiger partial charge in [0.2, 0.25) is 0 Å². The Labute approximate surface area is 99.7 Å². The Morgan fingerprint density at radius 1 is 1.35 bits per heavy atom. The van der Waals surface area contributed by atoms with Crippen molar-refractivity contribution in [2.45, 2.75) is 22.8 Å². The summed E-state index contributed by atoms with van der Waals surface area (Å²) >= 11 is 1.09. The van der Waals surface area contributed by atoms with Crippen LogP contribution in [0.25, 0.3) is 0 Å². The molecule has 1 aliphatic heterocycles. The minimum atomic E-state index is -1.17. The first-order valence-corrected chi connectivity index (χ1v) is 5.93. The maximum atomic E-state index is 11.5. The van der Waals surface area contributed by atoms with Crippen LogP contribution in [-0.2, 0) is 0 Å². The topological polar surface area (TPSA) is 116 Å². The van der Waals surface area contributed by atoms with E-state index in [0.717, 1.165) is 22.4 Å². The number of aromatic amines is 1. The first-order valence-electron chi connectivity index (χ1n) is 4.98. The van der Waals surface area contributed by atoms with Crippen LogP contribution in [0.5, 0.6) is 0 Å². The van der Waals surface area contributed by atoms with E-state index in [1.54, 1.807) is 0 Å². The second kappa shape index (κ2) is 4.65. The number of aromatic nitrogens is 2. The smallest absolute Gasteiger partial charge is 0.329 e. The van der Waals surface area contributed by atoms with Crippen LogP contribution in [0.1, 0.15) is 5.37 Å². The van der Waals surface area contributed by atoms with Gasteiger partial charge in [0.1, 0.15) is 11.5 Å². The van der Waals surface area contributed by atoms with Gasteiger partial charge in [-0.1, -0.05) is 0 Å². The number of nitrogens with one attached hydrogen (secondary N) is 1. The quantitative estimate of drug-likeness (QED) is 0.482. The van der Waals surface area contributed by atoms with Crippen molar-refractivity contribution < 1.29 is 15.3 Å². The molecule has 0 spiro atoms. The minimum absolute atomic E-state index is 0.294. The molecule has 7 nitrogen and oxygen atoms in total. The fourth-order valence-corrected chi connectivity index (χ4v) is 3.12. The molecule has 94 valence electrons. The molecule has 0 bridgehead atoms. The van der Waals surface area contributed by atoms with Crippen molar-refractivity contribution in [3.63, 3.8) is 0 Å². The lowest BCUT2D eigenvalue weighted by molar-refractivity contribution is 0.0101. The Morgan fingerprint density at radius 2 is 2.06 bits per heavy atom. The van der Waals surface area contributed by atoms with Crippen LogP contribution in [0, 0.1) is 0 Å². The first kappa shape index (κ1) is 12.4. The Balaban J connectivity index is 2.35. The van der Waals surface area contributed by atoms with Crippen molar-refractivity contribution in [3.05, 3.63) is 33.1 Å². The second-order valence-electron chi connectivity index (χ2n) is 3.75. The lowest BCUT2D eigenvalue weighted by atomic mass is 10.1. The van der Waals surface area contributed by atoms with Gasteiger partial charge in [-0.3, -0.25) is 14.3 Å². The number of aliphatic hydroxyl groups is 3. The molecule has 0 saturated carbocycles. The van der Waals surface area contributed by atoms with Gasteiger partial charge in [0.05, 0.1) is 18.0 Å². The van der Waals surface area contributed by atoms with E-state index >= 15 is 0 Å². The van der Waals surface area contributed by atoms with E-state index in [2.05, 4.69) is 4.98 Å². The summed E-state index contributed by atoms with van der Waals surface area (Å²) in [6.07, 6.45) is -1.01. The van der Waals surface area contributed by atoms with E-state index in [0.29, 0.717) is 0 Å². The fraction of sp³-hybridized carbons (Fsp3) is 0.556. The number of aliphatic hydroxyl groups excluding tert-OH is 3. The van der Waals surface area contributed by atoms with Crippen molar-refractivity contribution >= 4 is 11.8 Å². The molecular weight excluding hydrogens is 248 g/mol. The molecule has 17 heavy (non-hydrogen) atoms. The van der Waals surface area contributed by atoms with Gasteiger partial charge in [-0.05, 0) is 0 Å². The maximum absolute atomic E-state index is 11.5. The summed E-state index contributed by atoms with van der Waals surface area (Å²) in [5.41, 5.74) is -1.18. The summed E-state index contributed by atoms with van der Waals surface area (Å²) in [5.74, 6) is 0. The molecule has 0 radical (unpaired) electrons. The molecule has 2 rings (SSSR count). The zero-order chi connectivity index (χ0) is 12.6. The highest BCUT2D eigenvalue weighted by molar-refractivity contribution is 8.00. The number of rotatable bonds is 2. The zero-order valence-electron chi connectivity index (χ0n) is 8.68. The van der Waals surface area contributed by atoms with Crippen LogP contribution in [0.2, 0.25) is 0 Å². The molecule has 1 unspecified atom stereocenters. The SMILES string of the molecule is O=c1ccn([C@@H]2S[C@H](CO)C(O)[C@@H]2O)c(=O)[nH]1. The predicted octanol–water partition coefficient (Wildman–Crippen LogP) is -2.14. The number of thioether (sulfide) groups is 1. The predicted molar refractivity (Wildman–Crippen MR) is 60.8 cm³/mol. The van der Waals surface area contributed by atoms with Gasteiger partial charge in [0, 0.05) is 12.3 Å². The van der Waals surface area contributed by atoms with E-state index in [1.165, 1.54) is 6.20 Å². The van der Waals surface area contributed by atoms with Crippen molar-refractivity contribution in [1.82, 2.24) is 9.55 Å². The molecule has 1 fully saturated rings. The summed E-state index contributed by atoms with van der Waals surface area (Å²) in [5, 5.41) is 27.1. The van der Waals surface area contributed by atoms with Gasteiger partial charge in [-0.15, -0.1) is 11.8 Å². The van der Waals surface area contributed by atoms with Crippen molar-refractivity contribution in [1.29, 1.82) is 0 Å². The number of hydrogen-bond acceptors (Lipinski definition) is 6. The van der Waals surface area contributed by atoms with E-state index in [1.807, 2.05) is 0 Å². The van der Waals surface area contributed by atoms with E-state index < -0.39 is 34.1 Å². The highest BCUT2D eigenvalue weighted by Gasteiger charge is 2.43. The Morgan fingerprint density at radius 3 is 2.59 bits per heavy atom. The van der Waals surface area contributed by atoms with Crippen molar-refractivity contribution in [3.8, 4) is 0 Å². The van der Waals surface area contributed by atoms with E-state index in [-0.39, 0.29) is 6.61 Å². The summed E-state index contributed by atoms with van der Waals surface area (Å²) in [7, 11) is 0. The van der Waals surface area contributed by atoms with Crippen LogP contribution in [0.4, 0.5) is 0 Å². The third-order valence-electron chi connectivity index (χ3n) is 2.64. The molecule has 8 heteroatoms. The number of H-pyrrole nitrogens is 1. The molecule has 4 N–H and O–H groups in total. The van der Waals surface area contributed by atoms with Gasteiger partial charge in [0.25, 0.3) is 5.56 Å². The molecule has 0 aliphatic carbocycles. The van der Waals surface area contributed by atoms with Crippen LogP contribution in [0.3, 0.4) is 0 Å². The average Bonchev–Trinajstić information content (AvgIpc) is 2.57. The molecular formula is C9H12N2O5S. The maximum Gasteiger partial charge on any atom is 0.329 e. The summed E-state index contributed by atoms with van der Waals surface area (Å²) in [6.45, 7) is -0.294. The molecule has 0 amide bonds. The average molecular weight is 260 g/mol. The fourth-order valence-electron chi connectivity index (χ4n) is 1.74. The molecule has 1 aromatic heterocycles. The standard InChI is InChI=1S/C9H12N2O5S/c12-3-4-6(14)7(15)8(17-4)11-2-1-5(13)10-9(11)16/h1-2,4,6-8,12,14-15H,3H2,(H,10,13,16)/t4-,6?,7+,8-/m1/s1. The first-order chi connectivity index (χ1) is 8.04. The Kier molecular flexibility index (Phi) is 3.38. The normalized spacial score (nSPS) is 32.9. The van der Waals surface area contributed by atoms with Crippen LogP contribution in [0.15, 0.2) is 21.9 Å². The second-order valence-corrected chi connectivity index (χ2v) is 5.11. The van der Waals surface area contributed by atoms with Gasteiger partial charge in [-0.25, -0.2) is 4.79 Å². The third-order valence-corrected chi connectivity index (χ3v) is 4.20. The molecule has 2 heterocycles. The number of nitrogens with zero attached hydrogens (tertiary/aromatic N) is 1. The van der Waals surface area contributed by atoms with Crippen LogP contribution >= 0.6 is 11.8 Å². The molecule has 1 aliphatic rings. The Bertz CT molecular complexity index is 513. The molecule has 4 atom stereocenters. The van der Waals surface area contributed by atoms with Crippen LogP contribution < -0.4 is 11.2 Å². The van der Waals surface area contributed by atoms with Crippen LogP contribution in [-0.4, -0.2) is 48.9 Å². The van der Waals surface area contributed by atoms with Gasteiger partial charge in [-0.2, -0.15) is 0 Å². The highest BCUT2D eigenvalue weighted by Crippen LogP contribution is 2.40. The number of hydrogen-bond donors (Lipinski definition) is 4. The molecule has 0 aromatic carbocycles. The molecule has 1 aromatic rings. The highest BCUT2D eigenvalue weighted by atomic mass is 32.2. The van der Waals surface area contributed by atoms with Crippen molar-refractivity contribution in [2.75, 3.05) is 6.61 Å². The summed E-state index contributed by atoms with van der Waals surface area (Å²) in [4.78, 5) is 24.5. The minimum Gasteiger partial charge on any atom is -0.395 e. The van der Waals surface area contributed by atoms with E-state index in [4.69, 9.17) is 5.11 Å². The molecule has 1 saturated heterocycles. The van der Waals surface area contributed by atoms with Crippen molar-refractivity contribution in [2.24, 2.45) is 0 Å².